The number of aryl methyl sites for hydroxylation is 1. The van der Waals surface area contributed by atoms with Crippen molar-refractivity contribution in [1.82, 2.24) is 9.88 Å². The fourth-order valence-electron chi connectivity index (χ4n) is 2.16. The van der Waals surface area contributed by atoms with Gasteiger partial charge in [0.2, 0.25) is 0 Å². The third-order valence-electron chi connectivity index (χ3n) is 3.31. The maximum Gasteiger partial charge on any atom is 0.256 e. The van der Waals surface area contributed by atoms with Crippen molar-refractivity contribution in [3.63, 3.8) is 0 Å². The summed E-state index contributed by atoms with van der Waals surface area (Å²) in [6.07, 6.45) is 3.34. The highest BCUT2D eigenvalue weighted by Crippen LogP contribution is 2.16. The van der Waals surface area contributed by atoms with Gasteiger partial charge in [0.25, 0.3) is 5.91 Å². The summed E-state index contributed by atoms with van der Waals surface area (Å²) in [6, 6.07) is 9.98. The number of hydrogen-bond donors (Lipinski definition) is 1. The van der Waals surface area contributed by atoms with Crippen LogP contribution in [0.2, 0.25) is 0 Å². The van der Waals surface area contributed by atoms with E-state index >= 15 is 0 Å². The van der Waals surface area contributed by atoms with Crippen molar-refractivity contribution in [2.24, 2.45) is 0 Å². The quantitative estimate of drug-likeness (QED) is 0.917. The van der Waals surface area contributed by atoms with E-state index in [1.165, 1.54) is 5.56 Å². The second-order valence-corrected chi connectivity index (χ2v) is 5.10. The molecule has 1 aromatic heterocycles. The van der Waals surface area contributed by atoms with Crippen LogP contribution in [0, 0.1) is 6.92 Å². The number of amides is 1. The minimum absolute atomic E-state index is 0.00562. The van der Waals surface area contributed by atoms with Crippen LogP contribution < -0.4 is 5.32 Å². The average molecular weight is 283 g/mol. The number of carbonyl (C=O) groups excluding carboxylic acids is 1. The highest BCUT2D eigenvalue weighted by atomic mass is 16.2. The number of nitrogens with zero attached hydrogens (tertiary/aromatic N) is 2. The molecule has 0 atom stereocenters. The Bertz CT molecular complexity index is 608. The summed E-state index contributed by atoms with van der Waals surface area (Å²) in [5.41, 5.74) is 3.77. The van der Waals surface area contributed by atoms with Crippen LogP contribution in [0.4, 0.5) is 5.69 Å². The SMILES string of the molecule is CCNc1cnccc1C(=O)N(C)Cc1ccc(C)cc1. The molecule has 1 heterocycles. The molecule has 0 bridgehead atoms. The normalized spacial score (nSPS) is 10.2. The Labute approximate surface area is 125 Å². The van der Waals surface area contributed by atoms with Crippen LogP contribution in [0.15, 0.2) is 42.7 Å². The van der Waals surface area contributed by atoms with Crippen molar-refractivity contribution >= 4 is 11.6 Å². The van der Waals surface area contributed by atoms with E-state index in [9.17, 15) is 4.79 Å². The van der Waals surface area contributed by atoms with Gasteiger partial charge in [-0.3, -0.25) is 9.78 Å². The van der Waals surface area contributed by atoms with Crippen LogP contribution in [-0.4, -0.2) is 29.4 Å². The molecule has 0 saturated heterocycles. The Balaban J connectivity index is 2.13. The lowest BCUT2D eigenvalue weighted by molar-refractivity contribution is 0.0786. The summed E-state index contributed by atoms with van der Waals surface area (Å²) in [7, 11) is 1.82. The van der Waals surface area contributed by atoms with Gasteiger partial charge in [-0.15, -0.1) is 0 Å². The predicted octanol–water partition coefficient (Wildman–Crippen LogP) is 3.09. The van der Waals surface area contributed by atoms with E-state index in [0.29, 0.717) is 12.1 Å². The van der Waals surface area contributed by atoms with Crippen molar-refractivity contribution in [3.8, 4) is 0 Å². The van der Waals surface area contributed by atoms with Gasteiger partial charge in [0.05, 0.1) is 17.4 Å². The summed E-state index contributed by atoms with van der Waals surface area (Å²) >= 11 is 0. The Kier molecular flexibility index (Phi) is 4.93. The number of hydrogen-bond acceptors (Lipinski definition) is 3. The van der Waals surface area contributed by atoms with Gasteiger partial charge in [-0.2, -0.15) is 0 Å². The molecule has 2 rings (SSSR count). The predicted molar refractivity (Wildman–Crippen MR) is 85.4 cm³/mol. The van der Waals surface area contributed by atoms with Crippen molar-refractivity contribution in [1.29, 1.82) is 0 Å². The second-order valence-electron chi connectivity index (χ2n) is 5.10. The number of aromatic nitrogens is 1. The molecular formula is C17H21N3O. The molecule has 1 N–H and O–H groups in total. The van der Waals surface area contributed by atoms with E-state index in [-0.39, 0.29) is 5.91 Å². The van der Waals surface area contributed by atoms with Crippen LogP contribution >= 0.6 is 0 Å². The summed E-state index contributed by atoms with van der Waals surface area (Å²) in [4.78, 5) is 18.4. The van der Waals surface area contributed by atoms with Gasteiger partial charge in [-0.05, 0) is 25.5 Å². The van der Waals surface area contributed by atoms with Crippen LogP contribution in [0.3, 0.4) is 0 Å². The Hall–Kier alpha value is -2.36. The third-order valence-corrected chi connectivity index (χ3v) is 3.31. The lowest BCUT2D eigenvalue weighted by Gasteiger charge is -2.19. The molecular weight excluding hydrogens is 262 g/mol. The first-order valence-electron chi connectivity index (χ1n) is 7.10. The third kappa shape index (κ3) is 3.81. The first kappa shape index (κ1) is 15.0. The maximum absolute atomic E-state index is 12.6. The molecule has 1 amide bonds. The highest BCUT2D eigenvalue weighted by Gasteiger charge is 2.15. The number of rotatable bonds is 5. The Morgan fingerprint density at radius 1 is 1.24 bits per heavy atom. The zero-order valence-electron chi connectivity index (χ0n) is 12.8. The molecule has 0 aliphatic heterocycles. The minimum Gasteiger partial charge on any atom is -0.383 e. The molecule has 110 valence electrons. The lowest BCUT2D eigenvalue weighted by atomic mass is 10.1. The first-order valence-corrected chi connectivity index (χ1v) is 7.10. The van der Waals surface area contributed by atoms with Gasteiger partial charge < -0.3 is 10.2 Å². The highest BCUT2D eigenvalue weighted by molar-refractivity contribution is 5.99. The van der Waals surface area contributed by atoms with E-state index in [2.05, 4.69) is 41.5 Å². The first-order chi connectivity index (χ1) is 10.1. The molecule has 0 aliphatic rings. The molecule has 21 heavy (non-hydrogen) atoms. The maximum atomic E-state index is 12.6. The Morgan fingerprint density at radius 2 is 1.95 bits per heavy atom. The van der Waals surface area contributed by atoms with Crippen LogP contribution in [0.1, 0.15) is 28.4 Å². The molecule has 4 nitrogen and oxygen atoms in total. The van der Waals surface area contributed by atoms with E-state index < -0.39 is 0 Å². The number of carbonyl (C=O) groups is 1. The summed E-state index contributed by atoms with van der Waals surface area (Å²) in [5.74, 6) is -0.00562. The second kappa shape index (κ2) is 6.88. The standard InChI is InChI=1S/C17H21N3O/c1-4-19-16-11-18-10-9-15(16)17(21)20(3)12-14-7-5-13(2)6-8-14/h5-11,19H,4,12H2,1-3H3. The van der Waals surface area contributed by atoms with Gasteiger partial charge >= 0.3 is 0 Å². The smallest absolute Gasteiger partial charge is 0.256 e. The van der Waals surface area contributed by atoms with Gasteiger partial charge in [-0.25, -0.2) is 0 Å². The van der Waals surface area contributed by atoms with Crippen molar-refractivity contribution in [2.45, 2.75) is 20.4 Å². The molecule has 0 spiro atoms. The molecule has 0 saturated carbocycles. The number of anilines is 1. The van der Waals surface area contributed by atoms with E-state index in [1.54, 1.807) is 23.4 Å². The zero-order chi connectivity index (χ0) is 15.2. The van der Waals surface area contributed by atoms with E-state index in [1.807, 2.05) is 14.0 Å². The van der Waals surface area contributed by atoms with Crippen LogP contribution in [0.25, 0.3) is 0 Å². The van der Waals surface area contributed by atoms with Crippen LogP contribution in [0.5, 0.6) is 0 Å². The molecule has 4 heteroatoms. The summed E-state index contributed by atoms with van der Waals surface area (Å²) < 4.78 is 0. The van der Waals surface area contributed by atoms with Gasteiger partial charge in [0, 0.05) is 26.3 Å². The lowest BCUT2D eigenvalue weighted by Crippen LogP contribution is -2.27. The van der Waals surface area contributed by atoms with Crippen molar-refractivity contribution in [3.05, 3.63) is 59.4 Å². The largest absolute Gasteiger partial charge is 0.383 e. The molecule has 1 aromatic carbocycles. The van der Waals surface area contributed by atoms with Crippen molar-refractivity contribution in [2.75, 3.05) is 18.9 Å². The average Bonchev–Trinajstić information content (AvgIpc) is 2.50. The fourth-order valence-corrected chi connectivity index (χ4v) is 2.16. The number of benzene rings is 1. The van der Waals surface area contributed by atoms with Gasteiger partial charge in [-0.1, -0.05) is 29.8 Å². The van der Waals surface area contributed by atoms with Gasteiger partial charge in [0.15, 0.2) is 0 Å². The molecule has 0 radical (unpaired) electrons. The van der Waals surface area contributed by atoms with E-state index in [4.69, 9.17) is 0 Å². The van der Waals surface area contributed by atoms with Crippen molar-refractivity contribution < 1.29 is 4.79 Å². The number of pyridine rings is 1. The molecule has 0 aliphatic carbocycles. The fraction of sp³-hybridized carbons (Fsp3) is 0.294. The van der Waals surface area contributed by atoms with Gasteiger partial charge in [0.1, 0.15) is 0 Å². The van der Waals surface area contributed by atoms with Crippen LogP contribution in [-0.2, 0) is 6.54 Å². The Morgan fingerprint density at radius 3 is 2.62 bits per heavy atom. The van der Waals surface area contributed by atoms with E-state index in [0.717, 1.165) is 17.8 Å². The number of nitrogens with one attached hydrogen (secondary N) is 1. The molecule has 2 aromatic rings. The molecule has 0 fully saturated rings. The molecule has 0 unspecified atom stereocenters. The topological polar surface area (TPSA) is 45.2 Å². The summed E-state index contributed by atoms with van der Waals surface area (Å²) in [6.45, 7) is 5.40. The minimum atomic E-state index is -0.00562. The summed E-state index contributed by atoms with van der Waals surface area (Å²) in [5, 5.41) is 3.17. The zero-order valence-corrected chi connectivity index (χ0v) is 12.8. The monoisotopic (exact) mass is 283 g/mol.